The van der Waals surface area contributed by atoms with Crippen LogP contribution in [0.25, 0.3) is 0 Å². The molecule has 0 saturated heterocycles. The molecular formula is C10H11F3N2OS. The van der Waals surface area contributed by atoms with Crippen molar-refractivity contribution in [2.75, 3.05) is 0 Å². The van der Waals surface area contributed by atoms with E-state index < -0.39 is 22.5 Å². The smallest absolute Gasteiger partial charge is 0.319 e. The largest absolute Gasteiger partial charge is 0.443 e. The molecule has 0 aliphatic heterocycles. The number of rotatable bonds is 3. The van der Waals surface area contributed by atoms with Crippen LogP contribution in [0, 0.1) is 5.92 Å². The van der Waals surface area contributed by atoms with Crippen LogP contribution < -0.4 is 5.73 Å². The molecule has 2 rings (SSSR count). The molecular weight excluding hydrogens is 253 g/mol. The zero-order valence-corrected chi connectivity index (χ0v) is 9.86. The van der Waals surface area contributed by atoms with E-state index in [1.807, 2.05) is 0 Å². The van der Waals surface area contributed by atoms with E-state index in [-0.39, 0.29) is 10.8 Å². The summed E-state index contributed by atoms with van der Waals surface area (Å²) in [5.74, 6) is -0.376. The van der Waals surface area contributed by atoms with Crippen molar-refractivity contribution in [3.05, 3.63) is 16.1 Å². The highest BCUT2D eigenvalue weighted by molar-refractivity contribution is 7.13. The maximum atomic E-state index is 12.3. The topological polar surface area (TPSA) is 56.0 Å². The Morgan fingerprint density at radius 3 is 2.53 bits per heavy atom. The predicted octanol–water partition coefficient (Wildman–Crippen LogP) is 2.47. The number of hydrogen-bond acceptors (Lipinski definition) is 4. The predicted molar refractivity (Wildman–Crippen MR) is 56.8 cm³/mol. The summed E-state index contributed by atoms with van der Waals surface area (Å²) in [6, 6.07) is 0. The molecule has 0 aromatic carbocycles. The van der Waals surface area contributed by atoms with E-state index in [1.165, 1.54) is 0 Å². The van der Waals surface area contributed by atoms with Gasteiger partial charge < -0.3 is 5.73 Å². The van der Waals surface area contributed by atoms with Gasteiger partial charge in [0.1, 0.15) is 0 Å². The molecule has 7 heteroatoms. The highest BCUT2D eigenvalue weighted by atomic mass is 32.1. The first kappa shape index (κ1) is 12.5. The number of hydrogen-bond donors (Lipinski definition) is 1. The second-order valence-corrected chi connectivity index (χ2v) is 5.44. The van der Waals surface area contributed by atoms with Crippen molar-refractivity contribution >= 4 is 17.1 Å². The molecule has 94 valence electrons. The Balaban J connectivity index is 2.23. The van der Waals surface area contributed by atoms with Gasteiger partial charge >= 0.3 is 6.18 Å². The molecule has 3 nitrogen and oxygen atoms in total. The van der Waals surface area contributed by atoms with Gasteiger partial charge in [0.2, 0.25) is 0 Å². The lowest BCUT2D eigenvalue weighted by Crippen LogP contribution is -2.46. The molecule has 1 aromatic heterocycles. The number of ketones is 1. The number of nitrogens with zero attached hydrogens (tertiary/aromatic N) is 1. The third kappa shape index (κ3) is 2.35. The van der Waals surface area contributed by atoms with Crippen molar-refractivity contribution in [2.45, 2.75) is 31.5 Å². The maximum absolute atomic E-state index is 12.3. The van der Waals surface area contributed by atoms with Crippen LogP contribution in [0.3, 0.4) is 0 Å². The Hall–Kier alpha value is -0.950. The van der Waals surface area contributed by atoms with Crippen molar-refractivity contribution in [3.63, 3.8) is 0 Å². The zero-order valence-electron chi connectivity index (χ0n) is 9.04. The fourth-order valence-corrected chi connectivity index (χ4v) is 2.49. The lowest BCUT2D eigenvalue weighted by atomic mass is 9.91. The van der Waals surface area contributed by atoms with E-state index in [1.54, 1.807) is 6.92 Å². The number of carbonyl (C=O) groups excluding carboxylic acids is 1. The van der Waals surface area contributed by atoms with Gasteiger partial charge in [0, 0.05) is 6.20 Å². The van der Waals surface area contributed by atoms with E-state index in [2.05, 4.69) is 4.98 Å². The molecule has 0 radical (unpaired) electrons. The van der Waals surface area contributed by atoms with Crippen molar-refractivity contribution in [2.24, 2.45) is 11.7 Å². The zero-order chi connectivity index (χ0) is 12.8. The standard InChI is InChI=1S/C10H11F3N2OS/c1-9(14,5-2-3-5)7(16)6-4-15-8(17-6)10(11,12)13/h4-5H,2-3,14H2,1H3. The minimum atomic E-state index is -4.51. The van der Waals surface area contributed by atoms with Gasteiger partial charge in [-0.3, -0.25) is 4.79 Å². The number of thiazole rings is 1. The second-order valence-electron chi connectivity index (χ2n) is 4.41. The Bertz CT molecular complexity index is 449. The molecule has 0 amide bonds. The van der Waals surface area contributed by atoms with Crippen LogP contribution in [-0.2, 0) is 6.18 Å². The van der Waals surface area contributed by atoms with Gasteiger partial charge in [-0.15, -0.1) is 11.3 Å². The van der Waals surface area contributed by atoms with E-state index in [4.69, 9.17) is 5.73 Å². The van der Waals surface area contributed by atoms with Gasteiger partial charge in [-0.25, -0.2) is 4.98 Å². The summed E-state index contributed by atoms with van der Waals surface area (Å²) in [7, 11) is 0. The molecule has 0 spiro atoms. The van der Waals surface area contributed by atoms with Gasteiger partial charge in [0.15, 0.2) is 10.8 Å². The summed E-state index contributed by atoms with van der Waals surface area (Å²) in [6.45, 7) is 1.57. The van der Waals surface area contributed by atoms with Crippen LogP contribution in [0.15, 0.2) is 6.20 Å². The van der Waals surface area contributed by atoms with Gasteiger partial charge in [-0.2, -0.15) is 13.2 Å². The fraction of sp³-hybridized carbons (Fsp3) is 0.600. The molecule has 1 saturated carbocycles. The Labute approximate surface area is 99.8 Å². The van der Waals surface area contributed by atoms with E-state index in [0.29, 0.717) is 11.3 Å². The van der Waals surface area contributed by atoms with E-state index in [9.17, 15) is 18.0 Å². The third-order valence-electron chi connectivity index (χ3n) is 2.89. The summed E-state index contributed by atoms with van der Waals surface area (Å²) in [6.07, 6.45) is -1.84. The number of Topliss-reactive ketones (excluding diaryl/α,β-unsaturated/α-hetero) is 1. The Morgan fingerprint density at radius 2 is 2.12 bits per heavy atom. The minimum Gasteiger partial charge on any atom is -0.319 e. The molecule has 1 aliphatic rings. The monoisotopic (exact) mass is 264 g/mol. The molecule has 17 heavy (non-hydrogen) atoms. The van der Waals surface area contributed by atoms with Gasteiger partial charge in [-0.05, 0) is 25.7 Å². The van der Waals surface area contributed by atoms with Crippen LogP contribution in [0.5, 0.6) is 0 Å². The van der Waals surface area contributed by atoms with Crippen molar-refractivity contribution < 1.29 is 18.0 Å². The summed E-state index contributed by atoms with van der Waals surface area (Å²) in [5, 5.41) is -1.01. The van der Waals surface area contributed by atoms with Crippen LogP contribution in [0.1, 0.15) is 34.4 Å². The highest BCUT2D eigenvalue weighted by Crippen LogP contribution is 2.41. The van der Waals surface area contributed by atoms with Crippen molar-refractivity contribution in [3.8, 4) is 0 Å². The number of carbonyl (C=O) groups is 1. The molecule has 1 fully saturated rings. The molecule has 1 aromatic rings. The number of alkyl halides is 3. The van der Waals surface area contributed by atoms with Crippen LogP contribution in [0.2, 0.25) is 0 Å². The molecule has 1 atom stereocenters. The second kappa shape index (κ2) is 3.78. The summed E-state index contributed by atoms with van der Waals surface area (Å²) in [4.78, 5) is 15.2. The molecule has 1 unspecified atom stereocenters. The number of aromatic nitrogens is 1. The molecule has 0 bridgehead atoms. The van der Waals surface area contributed by atoms with E-state index >= 15 is 0 Å². The van der Waals surface area contributed by atoms with Gasteiger partial charge in [-0.1, -0.05) is 0 Å². The molecule has 1 heterocycles. The van der Waals surface area contributed by atoms with Crippen molar-refractivity contribution in [1.82, 2.24) is 4.98 Å². The quantitative estimate of drug-likeness (QED) is 0.853. The average Bonchev–Trinajstić information content (AvgIpc) is 2.94. The van der Waals surface area contributed by atoms with Crippen LogP contribution in [0.4, 0.5) is 13.2 Å². The fourth-order valence-electron chi connectivity index (χ4n) is 1.64. The first-order valence-electron chi connectivity index (χ1n) is 5.09. The minimum absolute atomic E-state index is 0.0192. The average molecular weight is 264 g/mol. The molecule has 1 aliphatic carbocycles. The normalized spacial score (nSPS) is 20.1. The van der Waals surface area contributed by atoms with Crippen molar-refractivity contribution in [1.29, 1.82) is 0 Å². The highest BCUT2D eigenvalue weighted by Gasteiger charge is 2.45. The van der Waals surface area contributed by atoms with E-state index in [0.717, 1.165) is 19.0 Å². The summed E-state index contributed by atoms with van der Waals surface area (Å²) < 4.78 is 37.0. The molecule has 2 N–H and O–H groups in total. The number of nitrogens with two attached hydrogens (primary N) is 1. The first-order valence-corrected chi connectivity index (χ1v) is 5.91. The van der Waals surface area contributed by atoms with Crippen LogP contribution in [-0.4, -0.2) is 16.3 Å². The SMILES string of the molecule is CC(N)(C(=O)c1cnc(C(F)(F)F)s1)C1CC1. The van der Waals surface area contributed by atoms with Gasteiger partial charge in [0.05, 0.1) is 10.4 Å². The summed E-state index contributed by atoms with van der Waals surface area (Å²) >= 11 is 0.354. The lowest BCUT2D eigenvalue weighted by molar-refractivity contribution is -0.137. The summed E-state index contributed by atoms with van der Waals surface area (Å²) in [5.41, 5.74) is 4.79. The van der Waals surface area contributed by atoms with Crippen LogP contribution >= 0.6 is 11.3 Å². The Kier molecular flexibility index (Phi) is 2.78. The lowest BCUT2D eigenvalue weighted by Gasteiger charge is -2.21. The number of halogens is 3. The first-order chi connectivity index (χ1) is 7.73. The van der Waals surface area contributed by atoms with Gasteiger partial charge in [0.25, 0.3) is 0 Å². The third-order valence-corrected chi connectivity index (χ3v) is 3.93. The Morgan fingerprint density at radius 1 is 1.53 bits per heavy atom. The maximum Gasteiger partial charge on any atom is 0.443 e.